The predicted octanol–water partition coefficient (Wildman–Crippen LogP) is 5.74. The lowest BCUT2D eigenvalue weighted by Gasteiger charge is -2.32. The Morgan fingerprint density at radius 3 is 1.74 bits per heavy atom. The Morgan fingerprint density at radius 2 is 1.32 bits per heavy atom. The Bertz CT molecular complexity index is 188. The third-order valence-corrected chi connectivity index (χ3v) is 4.21. The summed E-state index contributed by atoms with van der Waals surface area (Å²) in [6.07, 6.45) is 8.42. The molecule has 19 heavy (non-hydrogen) atoms. The zero-order chi connectivity index (χ0) is 14.8. The summed E-state index contributed by atoms with van der Waals surface area (Å²) in [5.74, 6) is 1.81. The van der Waals surface area contributed by atoms with Crippen LogP contribution in [0.1, 0.15) is 87.0 Å². The van der Waals surface area contributed by atoms with Crippen molar-refractivity contribution >= 4 is 0 Å². The molecule has 0 aromatic rings. The van der Waals surface area contributed by atoms with Gasteiger partial charge in [-0.3, -0.25) is 4.90 Å². The third-order valence-electron chi connectivity index (χ3n) is 4.21. The topological polar surface area (TPSA) is 3.24 Å². The van der Waals surface area contributed by atoms with E-state index in [2.05, 4.69) is 53.4 Å². The summed E-state index contributed by atoms with van der Waals surface area (Å²) < 4.78 is 0. The first-order chi connectivity index (χ1) is 8.88. The molecule has 1 atom stereocenters. The fourth-order valence-corrected chi connectivity index (χ4v) is 3.10. The van der Waals surface area contributed by atoms with E-state index < -0.39 is 0 Å². The van der Waals surface area contributed by atoms with E-state index in [1.54, 1.807) is 0 Å². The van der Waals surface area contributed by atoms with Crippen LogP contribution in [-0.4, -0.2) is 23.5 Å². The quantitative estimate of drug-likeness (QED) is 0.462. The molecule has 0 saturated carbocycles. The zero-order valence-electron chi connectivity index (χ0n) is 14.7. The molecule has 1 unspecified atom stereocenters. The molecule has 0 aliphatic carbocycles. The van der Waals surface area contributed by atoms with Gasteiger partial charge in [-0.05, 0) is 52.5 Å². The van der Waals surface area contributed by atoms with Gasteiger partial charge in [0, 0.05) is 12.1 Å². The fraction of sp³-hybridized carbons (Fsp3) is 1.00. The summed E-state index contributed by atoms with van der Waals surface area (Å²) in [6.45, 7) is 17.6. The van der Waals surface area contributed by atoms with Crippen molar-refractivity contribution in [3.05, 3.63) is 0 Å². The van der Waals surface area contributed by atoms with Crippen molar-refractivity contribution in [2.75, 3.05) is 6.54 Å². The number of nitrogens with zero attached hydrogens (tertiary/aromatic N) is 1. The molecular formula is C18H39N. The number of hydrogen-bond donors (Lipinski definition) is 0. The van der Waals surface area contributed by atoms with E-state index in [0.29, 0.717) is 12.1 Å². The lowest BCUT2D eigenvalue weighted by Crippen LogP contribution is -2.38. The van der Waals surface area contributed by atoms with Gasteiger partial charge in [0.05, 0.1) is 0 Å². The standard InChI is InChI=1S/C18H39N/c1-8-10-18(12-9-11-15(2)3)13-14-19(16(4)5)17(6)7/h15-18H,8-14H2,1-7H3. The van der Waals surface area contributed by atoms with Gasteiger partial charge in [0.25, 0.3) is 0 Å². The molecule has 0 aromatic carbocycles. The minimum Gasteiger partial charge on any atom is -0.299 e. The number of hydrogen-bond acceptors (Lipinski definition) is 1. The van der Waals surface area contributed by atoms with E-state index >= 15 is 0 Å². The summed E-state index contributed by atoms with van der Waals surface area (Å²) in [4.78, 5) is 2.64. The maximum absolute atomic E-state index is 2.64. The van der Waals surface area contributed by atoms with Gasteiger partial charge in [0.2, 0.25) is 0 Å². The summed E-state index contributed by atoms with van der Waals surface area (Å²) in [6, 6.07) is 1.36. The SMILES string of the molecule is CCCC(CCCC(C)C)CCN(C(C)C)C(C)C. The Morgan fingerprint density at radius 1 is 0.737 bits per heavy atom. The molecular weight excluding hydrogens is 230 g/mol. The van der Waals surface area contributed by atoms with Crippen molar-refractivity contribution < 1.29 is 0 Å². The minimum absolute atomic E-state index is 0.679. The zero-order valence-corrected chi connectivity index (χ0v) is 14.7. The van der Waals surface area contributed by atoms with Gasteiger partial charge in [0.15, 0.2) is 0 Å². The van der Waals surface area contributed by atoms with Crippen molar-refractivity contribution in [1.82, 2.24) is 4.90 Å². The molecule has 0 aromatic heterocycles. The normalized spacial score (nSPS) is 14.1. The van der Waals surface area contributed by atoms with Crippen molar-refractivity contribution in [2.45, 2.75) is 99.1 Å². The van der Waals surface area contributed by atoms with Gasteiger partial charge in [-0.2, -0.15) is 0 Å². The molecule has 0 amide bonds. The van der Waals surface area contributed by atoms with Gasteiger partial charge >= 0.3 is 0 Å². The minimum atomic E-state index is 0.679. The van der Waals surface area contributed by atoms with Crippen LogP contribution in [0, 0.1) is 11.8 Å². The lowest BCUT2D eigenvalue weighted by atomic mass is 9.91. The molecule has 0 fully saturated rings. The molecule has 0 saturated heterocycles. The predicted molar refractivity (Wildman–Crippen MR) is 88.7 cm³/mol. The Kier molecular flexibility index (Phi) is 10.7. The summed E-state index contributed by atoms with van der Waals surface area (Å²) in [7, 11) is 0. The molecule has 0 rings (SSSR count). The van der Waals surface area contributed by atoms with Gasteiger partial charge < -0.3 is 0 Å². The summed E-state index contributed by atoms with van der Waals surface area (Å²) in [5.41, 5.74) is 0. The van der Waals surface area contributed by atoms with E-state index in [4.69, 9.17) is 0 Å². The van der Waals surface area contributed by atoms with Crippen molar-refractivity contribution in [1.29, 1.82) is 0 Å². The van der Waals surface area contributed by atoms with E-state index in [9.17, 15) is 0 Å². The van der Waals surface area contributed by atoms with Crippen LogP contribution >= 0.6 is 0 Å². The average molecular weight is 270 g/mol. The van der Waals surface area contributed by atoms with Gasteiger partial charge in [-0.25, -0.2) is 0 Å². The second-order valence-corrected chi connectivity index (χ2v) is 7.19. The first-order valence-corrected chi connectivity index (χ1v) is 8.64. The molecule has 0 radical (unpaired) electrons. The highest BCUT2D eigenvalue weighted by Gasteiger charge is 2.16. The van der Waals surface area contributed by atoms with E-state index in [0.717, 1.165) is 11.8 Å². The Hall–Kier alpha value is -0.0400. The third kappa shape index (κ3) is 9.49. The second-order valence-electron chi connectivity index (χ2n) is 7.19. The van der Waals surface area contributed by atoms with Crippen LogP contribution in [0.4, 0.5) is 0 Å². The smallest absolute Gasteiger partial charge is 0.00412 e. The second kappa shape index (κ2) is 10.7. The molecule has 0 aliphatic rings. The Balaban J connectivity index is 4.10. The van der Waals surface area contributed by atoms with Gasteiger partial charge in [0.1, 0.15) is 0 Å². The monoisotopic (exact) mass is 269 g/mol. The van der Waals surface area contributed by atoms with Crippen LogP contribution in [0.25, 0.3) is 0 Å². The van der Waals surface area contributed by atoms with Crippen molar-refractivity contribution in [3.63, 3.8) is 0 Å². The van der Waals surface area contributed by atoms with E-state index in [-0.39, 0.29) is 0 Å². The molecule has 0 spiro atoms. The molecule has 1 nitrogen and oxygen atoms in total. The summed E-state index contributed by atoms with van der Waals surface area (Å²) in [5, 5.41) is 0. The molecule has 116 valence electrons. The molecule has 0 heterocycles. The van der Waals surface area contributed by atoms with Crippen molar-refractivity contribution in [2.24, 2.45) is 11.8 Å². The first kappa shape index (κ1) is 19.0. The highest BCUT2D eigenvalue weighted by atomic mass is 15.2. The van der Waals surface area contributed by atoms with E-state index in [1.165, 1.54) is 45.1 Å². The van der Waals surface area contributed by atoms with Crippen LogP contribution in [0.3, 0.4) is 0 Å². The molecule has 0 N–H and O–H groups in total. The number of rotatable bonds is 11. The highest BCUT2D eigenvalue weighted by Crippen LogP contribution is 2.21. The molecule has 1 heteroatoms. The van der Waals surface area contributed by atoms with Crippen LogP contribution in [-0.2, 0) is 0 Å². The van der Waals surface area contributed by atoms with Crippen LogP contribution in [0.2, 0.25) is 0 Å². The first-order valence-electron chi connectivity index (χ1n) is 8.64. The largest absolute Gasteiger partial charge is 0.299 e. The van der Waals surface area contributed by atoms with Crippen LogP contribution < -0.4 is 0 Å². The van der Waals surface area contributed by atoms with Gasteiger partial charge in [-0.15, -0.1) is 0 Å². The molecule has 0 bridgehead atoms. The van der Waals surface area contributed by atoms with Crippen molar-refractivity contribution in [3.8, 4) is 0 Å². The summed E-state index contributed by atoms with van der Waals surface area (Å²) >= 11 is 0. The van der Waals surface area contributed by atoms with Crippen LogP contribution in [0.5, 0.6) is 0 Å². The highest BCUT2D eigenvalue weighted by molar-refractivity contribution is 4.70. The average Bonchev–Trinajstić information content (AvgIpc) is 2.27. The maximum atomic E-state index is 2.64. The lowest BCUT2D eigenvalue weighted by molar-refractivity contribution is 0.158. The van der Waals surface area contributed by atoms with E-state index in [1.807, 2.05) is 0 Å². The Labute approximate surface area is 123 Å². The van der Waals surface area contributed by atoms with Gasteiger partial charge in [-0.1, -0.05) is 52.9 Å². The molecule has 0 aliphatic heterocycles. The van der Waals surface area contributed by atoms with Crippen LogP contribution in [0.15, 0.2) is 0 Å². The maximum Gasteiger partial charge on any atom is 0.00412 e. The fourth-order valence-electron chi connectivity index (χ4n) is 3.10.